The number of rotatable bonds is 14. The number of allylic oxidation sites excluding steroid dienone is 1. The smallest absolute Gasteiger partial charge is 0.338 e. The summed E-state index contributed by atoms with van der Waals surface area (Å²) in [6.07, 6.45) is 1.69. The largest absolute Gasteiger partial charge is 0.493 e. The van der Waals surface area contributed by atoms with Crippen molar-refractivity contribution < 1.29 is 33.4 Å². The summed E-state index contributed by atoms with van der Waals surface area (Å²) in [5.41, 5.74) is 2.11. The van der Waals surface area contributed by atoms with E-state index in [0.29, 0.717) is 28.2 Å². The van der Waals surface area contributed by atoms with Gasteiger partial charge in [-0.1, -0.05) is 78.1 Å². The van der Waals surface area contributed by atoms with Crippen molar-refractivity contribution in [2.24, 2.45) is 4.99 Å². The molecule has 4 aromatic carbocycles. The molecule has 0 fully saturated rings. The standard InChI is InChI=1S/C40H37N3O9S/c1-5-49-33-21-29(30(43(46)47)22-34(33)52-24-27-15-11-8-12-16-27)37-36(39(45)50-6-2)25(3)42-38(44)35(53-40(42)41-37)20-28-17-18-31(32(19-28)48-4)51-23-26-13-9-7-10-14-26/h7-22,37H,5-6,23-24H2,1-4H3/b35-20-/t37-/m1/s1. The molecule has 2 heterocycles. The molecule has 13 heteroatoms. The zero-order valence-corrected chi connectivity index (χ0v) is 30.4. The predicted octanol–water partition coefficient (Wildman–Crippen LogP) is 6.38. The Labute approximate surface area is 309 Å². The van der Waals surface area contributed by atoms with Gasteiger partial charge in [0.15, 0.2) is 27.8 Å². The molecule has 12 nitrogen and oxygen atoms in total. The lowest BCUT2D eigenvalue weighted by molar-refractivity contribution is -0.385. The van der Waals surface area contributed by atoms with Crippen LogP contribution in [0.4, 0.5) is 5.69 Å². The van der Waals surface area contributed by atoms with Crippen LogP contribution in [0.5, 0.6) is 23.0 Å². The van der Waals surface area contributed by atoms with Crippen molar-refractivity contribution in [3.8, 4) is 23.0 Å². The Morgan fingerprint density at radius 2 is 1.51 bits per heavy atom. The maximum absolute atomic E-state index is 13.9. The van der Waals surface area contributed by atoms with Gasteiger partial charge in [0.25, 0.3) is 11.2 Å². The summed E-state index contributed by atoms with van der Waals surface area (Å²) in [7, 11) is 1.54. The van der Waals surface area contributed by atoms with E-state index in [1.54, 1.807) is 45.0 Å². The fraction of sp³-hybridized carbons (Fsp3) is 0.225. The summed E-state index contributed by atoms with van der Waals surface area (Å²) in [5.74, 6) is 0.678. The molecule has 1 aliphatic rings. The van der Waals surface area contributed by atoms with Gasteiger partial charge in [-0.15, -0.1) is 0 Å². The summed E-state index contributed by atoms with van der Waals surface area (Å²) in [5, 5.41) is 12.6. The highest BCUT2D eigenvalue weighted by Gasteiger charge is 2.36. The lowest BCUT2D eigenvalue weighted by atomic mass is 9.94. The molecule has 1 aliphatic heterocycles. The molecule has 0 spiro atoms. The van der Waals surface area contributed by atoms with Crippen LogP contribution in [0.1, 0.15) is 49.1 Å². The van der Waals surface area contributed by atoms with Crippen LogP contribution in [0.25, 0.3) is 11.8 Å². The number of hydrogen-bond acceptors (Lipinski definition) is 11. The van der Waals surface area contributed by atoms with Gasteiger partial charge < -0.3 is 23.7 Å². The number of nitro benzene ring substituents is 1. The zero-order valence-electron chi connectivity index (χ0n) is 29.6. The normalized spacial score (nSPS) is 13.9. The van der Waals surface area contributed by atoms with Gasteiger partial charge in [-0.05, 0) is 61.7 Å². The molecule has 0 amide bonds. The molecule has 0 saturated heterocycles. The van der Waals surface area contributed by atoms with Crippen LogP contribution in [0, 0.1) is 10.1 Å². The molecule has 5 aromatic rings. The van der Waals surface area contributed by atoms with Gasteiger partial charge in [0.05, 0.1) is 47.0 Å². The van der Waals surface area contributed by atoms with Crippen LogP contribution >= 0.6 is 11.3 Å². The maximum atomic E-state index is 13.9. The highest BCUT2D eigenvalue weighted by atomic mass is 32.1. The maximum Gasteiger partial charge on any atom is 0.338 e. The highest BCUT2D eigenvalue weighted by Crippen LogP contribution is 2.43. The van der Waals surface area contributed by atoms with E-state index in [1.807, 2.05) is 60.7 Å². The first kappa shape index (κ1) is 36.6. The van der Waals surface area contributed by atoms with Crippen LogP contribution in [0.2, 0.25) is 0 Å². The van der Waals surface area contributed by atoms with E-state index in [0.717, 1.165) is 22.5 Å². The third-order valence-electron chi connectivity index (χ3n) is 8.38. The van der Waals surface area contributed by atoms with E-state index in [4.69, 9.17) is 28.7 Å². The average Bonchev–Trinajstić information content (AvgIpc) is 3.48. The minimum absolute atomic E-state index is 0.00381. The molecule has 272 valence electrons. The molecule has 0 bridgehead atoms. The van der Waals surface area contributed by atoms with Gasteiger partial charge in [-0.3, -0.25) is 19.5 Å². The number of aromatic nitrogens is 1. The quantitative estimate of drug-likeness (QED) is 0.0722. The monoisotopic (exact) mass is 735 g/mol. The van der Waals surface area contributed by atoms with Crippen LogP contribution in [0.15, 0.2) is 106 Å². The number of nitrogens with zero attached hydrogens (tertiary/aromatic N) is 3. The lowest BCUT2D eigenvalue weighted by Gasteiger charge is -2.23. The van der Waals surface area contributed by atoms with Gasteiger partial charge in [0, 0.05) is 5.70 Å². The van der Waals surface area contributed by atoms with E-state index in [2.05, 4.69) is 0 Å². The van der Waals surface area contributed by atoms with E-state index in [-0.39, 0.29) is 58.6 Å². The number of benzene rings is 4. The van der Waals surface area contributed by atoms with Crippen molar-refractivity contribution in [2.75, 3.05) is 20.3 Å². The van der Waals surface area contributed by atoms with Crippen molar-refractivity contribution in [1.29, 1.82) is 0 Å². The van der Waals surface area contributed by atoms with Gasteiger partial charge in [0.1, 0.15) is 19.3 Å². The molecule has 0 N–H and O–H groups in total. The first-order chi connectivity index (χ1) is 25.7. The number of methoxy groups -OCH3 is 1. The topological polar surface area (TPSA) is 141 Å². The number of nitro groups is 1. The number of esters is 1. The minimum atomic E-state index is -1.19. The number of fused-ring (bicyclic) bond motifs is 1. The average molecular weight is 736 g/mol. The molecule has 53 heavy (non-hydrogen) atoms. The summed E-state index contributed by atoms with van der Waals surface area (Å²) in [6.45, 7) is 5.82. The Balaban J connectivity index is 1.43. The van der Waals surface area contributed by atoms with E-state index in [9.17, 15) is 19.7 Å². The molecular weight excluding hydrogens is 699 g/mol. The third-order valence-corrected chi connectivity index (χ3v) is 9.37. The molecule has 0 unspecified atom stereocenters. The second-order valence-corrected chi connectivity index (χ2v) is 12.8. The molecule has 1 atom stereocenters. The van der Waals surface area contributed by atoms with Crippen molar-refractivity contribution in [3.05, 3.63) is 149 Å². The summed E-state index contributed by atoms with van der Waals surface area (Å²) in [4.78, 5) is 44.6. The molecular formula is C40H37N3O9S. The molecule has 6 rings (SSSR count). The van der Waals surface area contributed by atoms with Crippen LogP contribution in [0.3, 0.4) is 0 Å². The Hall–Kier alpha value is -6.21. The van der Waals surface area contributed by atoms with Crippen molar-refractivity contribution >= 4 is 34.8 Å². The van der Waals surface area contributed by atoms with E-state index < -0.39 is 22.5 Å². The summed E-state index contributed by atoms with van der Waals surface area (Å²) in [6, 6.07) is 26.0. The van der Waals surface area contributed by atoms with Gasteiger partial charge in [0.2, 0.25) is 0 Å². The number of carbonyl (C=O) groups excluding carboxylic acids is 1. The number of hydrogen-bond donors (Lipinski definition) is 0. The Morgan fingerprint density at radius 1 is 0.868 bits per heavy atom. The Bertz CT molecular complexity index is 2350. The van der Waals surface area contributed by atoms with Gasteiger partial charge in [-0.25, -0.2) is 9.79 Å². The zero-order chi connectivity index (χ0) is 37.5. The van der Waals surface area contributed by atoms with Crippen molar-refractivity contribution in [3.63, 3.8) is 0 Å². The molecule has 0 radical (unpaired) electrons. The SMILES string of the molecule is CCOC(=O)C1=C(C)n2c(s/c(=C\c3ccc(OCc4ccccc4)c(OC)c3)c2=O)=N[C@@H]1c1cc(OCC)c(OCc2ccccc2)cc1[N+](=O)[O-]. The van der Waals surface area contributed by atoms with Gasteiger partial charge in [-0.2, -0.15) is 0 Å². The van der Waals surface area contributed by atoms with Crippen LogP contribution in [-0.2, 0) is 22.7 Å². The van der Waals surface area contributed by atoms with Crippen LogP contribution in [-0.4, -0.2) is 35.8 Å². The highest BCUT2D eigenvalue weighted by molar-refractivity contribution is 7.07. The molecule has 0 saturated carbocycles. The number of thiazole rings is 1. The van der Waals surface area contributed by atoms with E-state index in [1.165, 1.54) is 23.8 Å². The van der Waals surface area contributed by atoms with Crippen molar-refractivity contribution in [2.45, 2.75) is 40.0 Å². The number of ether oxygens (including phenoxy) is 5. The summed E-state index contributed by atoms with van der Waals surface area (Å²) < 4.78 is 30.5. The predicted molar refractivity (Wildman–Crippen MR) is 200 cm³/mol. The minimum Gasteiger partial charge on any atom is -0.493 e. The second-order valence-electron chi connectivity index (χ2n) is 11.8. The van der Waals surface area contributed by atoms with Crippen LogP contribution < -0.4 is 33.8 Å². The first-order valence-corrected chi connectivity index (χ1v) is 17.7. The lowest BCUT2D eigenvalue weighted by Crippen LogP contribution is -2.35. The third kappa shape index (κ3) is 8.00. The van der Waals surface area contributed by atoms with E-state index >= 15 is 0 Å². The van der Waals surface area contributed by atoms with Gasteiger partial charge >= 0.3 is 5.97 Å². The Morgan fingerprint density at radius 3 is 2.11 bits per heavy atom. The fourth-order valence-electron chi connectivity index (χ4n) is 5.88. The second kappa shape index (κ2) is 16.4. The Kier molecular flexibility index (Phi) is 11.3. The fourth-order valence-corrected chi connectivity index (χ4v) is 6.92. The molecule has 0 aliphatic carbocycles. The number of carbonyl (C=O) groups is 1. The first-order valence-electron chi connectivity index (χ1n) is 16.9. The summed E-state index contributed by atoms with van der Waals surface area (Å²) >= 11 is 1.09. The molecule has 1 aromatic heterocycles. The van der Waals surface area contributed by atoms with Crippen molar-refractivity contribution in [1.82, 2.24) is 4.57 Å².